The molecule has 0 saturated carbocycles. The number of halogens is 1. The summed E-state index contributed by atoms with van der Waals surface area (Å²) in [5.74, 6) is 0. The van der Waals surface area contributed by atoms with E-state index < -0.39 is 0 Å². The molecule has 0 fully saturated rings. The maximum atomic E-state index is 6.36. The molecule has 1 aromatic carbocycles. The van der Waals surface area contributed by atoms with Crippen LogP contribution in [0.5, 0.6) is 0 Å². The minimum absolute atomic E-state index is 0.814. The van der Waals surface area contributed by atoms with Crippen LogP contribution in [0.4, 0.5) is 11.4 Å². The first-order valence-electron chi connectivity index (χ1n) is 14.5. The van der Waals surface area contributed by atoms with Gasteiger partial charge in [-0.15, -0.1) is 0 Å². The summed E-state index contributed by atoms with van der Waals surface area (Å²) in [5.41, 5.74) is 2.29. The second-order valence-corrected chi connectivity index (χ2v) is 10.4. The van der Waals surface area contributed by atoms with E-state index in [9.17, 15) is 0 Å². The molecule has 1 rings (SSSR count). The zero-order chi connectivity index (χ0) is 23.8. The smallest absolute Gasteiger partial charge is 0.0447 e. The minimum atomic E-state index is 0.814. The van der Waals surface area contributed by atoms with Gasteiger partial charge in [0.2, 0.25) is 0 Å². The van der Waals surface area contributed by atoms with E-state index in [0.29, 0.717) is 0 Å². The van der Waals surface area contributed by atoms with Gasteiger partial charge < -0.3 is 10.6 Å². The Bertz CT molecular complexity index is 502. The Morgan fingerprint density at radius 2 is 0.758 bits per heavy atom. The molecule has 0 bridgehead atoms. The van der Waals surface area contributed by atoms with E-state index in [1.54, 1.807) is 0 Å². The number of benzene rings is 1. The monoisotopic (exact) mass is 478 g/mol. The van der Waals surface area contributed by atoms with Crippen molar-refractivity contribution in [2.75, 3.05) is 23.7 Å². The van der Waals surface area contributed by atoms with Crippen LogP contribution in [0, 0.1) is 0 Å². The molecule has 0 heterocycles. The van der Waals surface area contributed by atoms with Gasteiger partial charge in [0, 0.05) is 29.5 Å². The summed E-state index contributed by atoms with van der Waals surface area (Å²) < 4.78 is 0. The molecule has 0 saturated heterocycles. The first kappa shape index (κ1) is 30.1. The molecule has 3 heteroatoms. The predicted molar refractivity (Wildman–Crippen MR) is 152 cm³/mol. The lowest BCUT2D eigenvalue weighted by molar-refractivity contribution is 0.560. The van der Waals surface area contributed by atoms with Crippen LogP contribution < -0.4 is 10.6 Å². The fourth-order valence-electron chi connectivity index (χ4n) is 4.48. The summed E-state index contributed by atoms with van der Waals surface area (Å²) in [6, 6.07) is 6.30. The molecule has 0 spiro atoms. The summed E-state index contributed by atoms with van der Waals surface area (Å²) in [5, 5.41) is 7.95. The van der Waals surface area contributed by atoms with E-state index in [2.05, 4.69) is 30.5 Å². The molecule has 0 aliphatic heterocycles. The molecule has 2 N–H and O–H groups in total. The van der Waals surface area contributed by atoms with Crippen LogP contribution in [0.2, 0.25) is 5.02 Å². The minimum Gasteiger partial charge on any atom is -0.385 e. The normalized spacial score (nSPS) is 11.1. The number of anilines is 2. The van der Waals surface area contributed by atoms with E-state index in [1.807, 2.05) is 12.1 Å². The Balaban J connectivity index is 2.02. The van der Waals surface area contributed by atoms with Gasteiger partial charge in [-0.3, -0.25) is 0 Å². The van der Waals surface area contributed by atoms with Crippen molar-refractivity contribution in [1.82, 2.24) is 0 Å². The van der Waals surface area contributed by atoms with Crippen LogP contribution in [0.15, 0.2) is 18.2 Å². The lowest BCUT2D eigenvalue weighted by Crippen LogP contribution is -2.04. The van der Waals surface area contributed by atoms with Gasteiger partial charge in [-0.05, 0) is 31.0 Å². The van der Waals surface area contributed by atoms with Crippen molar-refractivity contribution >= 4 is 23.0 Å². The fraction of sp³-hybridized carbons (Fsp3) is 0.800. The van der Waals surface area contributed by atoms with Gasteiger partial charge in [-0.1, -0.05) is 141 Å². The highest BCUT2D eigenvalue weighted by Crippen LogP contribution is 2.23. The summed E-state index contributed by atoms with van der Waals surface area (Å²) in [4.78, 5) is 0. The van der Waals surface area contributed by atoms with E-state index in [4.69, 9.17) is 11.6 Å². The Morgan fingerprint density at radius 3 is 1.09 bits per heavy atom. The topological polar surface area (TPSA) is 24.1 Å². The third-order valence-electron chi connectivity index (χ3n) is 6.62. The maximum absolute atomic E-state index is 6.36. The van der Waals surface area contributed by atoms with Crippen molar-refractivity contribution in [3.05, 3.63) is 23.2 Å². The quantitative estimate of drug-likeness (QED) is 0.144. The summed E-state index contributed by atoms with van der Waals surface area (Å²) in [7, 11) is 0. The first-order valence-corrected chi connectivity index (χ1v) is 14.9. The van der Waals surface area contributed by atoms with E-state index >= 15 is 0 Å². The van der Waals surface area contributed by atoms with Gasteiger partial charge in [0.25, 0.3) is 0 Å². The van der Waals surface area contributed by atoms with Crippen molar-refractivity contribution in [2.45, 2.75) is 142 Å². The van der Waals surface area contributed by atoms with Gasteiger partial charge in [0.05, 0.1) is 0 Å². The van der Waals surface area contributed by atoms with Crippen LogP contribution in [-0.2, 0) is 0 Å². The largest absolute Gasteiger partial charge is 0.385 e. The lowest BCUT2D eigenvalue weighted by atomic mass is 10.1. The van der Waals surface area contributed by atoms with E-state index in [-0.39, 0.29) is 0 Å². The van der Waals surface area contributed by atoms with Crippen LogP contribution >= 0.6 is 11.6 Å². The first-order chi connectivity index (χ1) is 16.3. The highest BCUT2D eigenvalue weighted by Gasteiger charge is 2.00. The van der Waals surface area contributed by atoms with Gasteiger partial charge in [0.15, 0.2) is 0 Å². The van der Waals surface area contributed by atoms with Gasteiger partial charge in [-0.2, -0.15) is 0 Å². The molecule has 192 valence electrons. The van der Waals surface area contributed by atoms with Crippen molar-refractivity contribution in [1.29, 1.82) is 0 Å². The molecule has 0 atom stereocenters. The number of unbranched alkanes of at least 4 members (excludes halogenated alkanes) is 18. The van der Waals surface area contributed by atoms with Gasteiger partial charge in [-0.25, -0.2) is 0 Å². The third kappa shape index (κ3) is 19.1. The van der Waals surface area contributed by atoms with Crippen LogP contribution in [0.3, 0.4) is 0 Å². The van der Waals surface area contributed by atoms with Crippen molar-refractivity contribution < 1.29 is 0 Å². The zero-order valence-electron chi connectivity index (χ0n) is 22.2. The average molecular weight is 479 g/mol. The summed E-state index contributed by atoms with van der Waals surface area (Å²) >= 11 is 6.36. The van der Waals surface area contributed by atoms with Crippen molar-refractivity contribution in [3.8, 4) is 0 Å². The lowest BCUT2D eigenvalue weighted by Gasteiger charge is -2.11. The Morgan fingerprint density at radius 1 is 0.455 bits per heavy atom. The summed E-state index contributed by atoms with van der Waals surface area (Å²) in [6.45, 7) is 6.64. The number of rotatable bonds is 24. The molecule has 0 aliphatic rings. The fourth-order valence-corrected chi connectivity index (χ4v) is 4.72. The highest BCUT2D eigenvalue weighted by molar-refractivity contribution is 6.31. The van der Waals surface area contributed by atoms with Gasteiger partial charge >= 0.3 is 0 Å². The second-order valence-electron chi connectivity index (χ2n) is 9.95. The number of hydrogen-bond donors (Lipinski definition) is 2. The Kier molecular flexibility index (Phi) is 20.9. The highest BCUT2D eigenvalue weighted by atomic mass is 35.5. The average Bonchev–Trinajstić information content (AvgIpc) is 2.80. The molecule has 0 unspecified atom stereocenters. The molecule has 0 radical (unpaired) electrons. The predicted octanol–water partition coefficient (Wildman–Crippen LogP) is 11.0. The molecule has 33 heavy (non-hydrogen) atoms. The van der Waals surface area contributed by atoms with Crippen molar-refractivity contribution in [3.63, 3.8) is 0 Å². The van der Waals surface area contributed by atoms with E-state index in [1.165, 1.54) is 128 Å². The zero-order valence-corrected chi connectivity index (χ0v) is 22.9. The van der Waals surface area contributed by atoms with Crippen molar-refractivity contribution in [2.24, 2.45) is 0 Å². The molecule has 0 amide bonds. The standard InChI is InChI=1S/C30H55ClN2/c1-3-5-7-9-11-13-15-17-19-21-23-32-29-25-28(31)26-30(27-29)33-24-22-20-18-16-14-12-10-8-6-4-2/h25-27,32-33H,3-24H2,1-2H3. The second kappa shape index (κ2) is 22.9. The van der Waals surface area contributed by atoms with Crippen LogP contribution in [0.1, 0.15) is 142 Å². The van der Waals surface area contributed by atoms with Crippen LogP contribution in [-0.4, -0.2) is 13.1 Å². The number of nitrogens with one attached hydrogen (secondary N) is 2. The SMILES string of the molecule is CCCCCCCCCCCCNc1cc(Cl)cc(NCCCCCCCCCCCC)c1. The molecule has 1 aromatic rings. The van der Waals surface area contributed by atoms with Crippen LogP contribution in [0.25, 0.3) is 0 Å². The van der Waals surface area contributed by atoms with E-state index in [0.717, 1.165) is 29.5 Å². The summed E-state index contributed by atoms with van der Waals surface area (Å²) in [6.07, 6.45) is 27.6. The molecule has 0 aliphatic carbocycles. The number of hydrogen-bond acceptors (Lipinski definition) is 2. The molecule has 0 aromatic heterocycles. The Hall–Kier alpha value is -0.890. The maximum Gasteiger partial charge on any atom is 0.0447 e. The Labute approximate surface area is 212 Å². The third-order valence-corrected chi connectivity index (χ3v) is 6.83. The molecular formula is C30H55ClN2. The molecular weight excluding hydrogens is 424 g/mol. The van der Waals surface area contributed by atoms with Gasteiger partial charge in [0.1, 0.15) is 0 Å². The molecule has 2 nitrogen and oxygen atoms in total.